The minimum atomic E-state index is 0.114. The fourth-order valence-corrected chi connectivity index (χ4v) is 2.53. The average Bonchev–Trinajstić information content (AvgIpc) is 2.63. The fraction of sp³-hybridized carbons (Fsp3) is 0.0500. The molecule has 2 heterocycles. The number of fused-ring (bicyclic) bond motifs is 2. The van der Waals surface area contributed by atoms with E-state index >= 15 is 0 Å². The Morgan fingerprint density at radius 3 is 2.50 bits per heavy atom. The molecular weight excluding hydrogens is 298 g/mol. The van der Waals surface area contributed by atoms with Gasteiger partial charge >= 0.3 is 0 Å². The number of hydrogen-bond acceptors (Lipinski definition) is 4. The van der Waals surface area contributed by atoms with E-state index in [-0.39, 0.29) is 5.75 Å². The Labute approximate surface area is 139 Å². The number of pyridine rings is 2. The van der Waals surface area contributed by atoms with Crippen molar-refractivity contribution in [3.8, 4) is 11.8 Å². The highest BCUT2D eigenvalue weighted by Gasteiger charge is 2.07. The molecule has 2 aromatic carbocycles. The fourth-order valence-electron chi connectivity index (χ4n) is 2.53. The number of phenols is 1. The van der Waals surface area contributed by atoms with Gasteiger partial charge in [-0.05, 0) is 42.8 Å². The van der Waals surface area contributed by atoms with Gasteiger partial charge in [-0.15, -0.1) is 0 Å². The number of aromatic hydroxyl groups is 1. The molecule has 0 amide bonds. The minimum Gasteiger partial charge on any atom is -0.506 e. The third-order valence-corrected chi connectivity index (χ3v) is 3.71. The Balaban J connectivity index is 0.000000149. The molecular formula is C20H15N3O. The summed E-state index contributed by atoms with van der Waals surface area (Å²) in [5.41, 5.74) is 3.04. The van der Waals surface area contributed by atoms with Crippen LogP contribution in [0.4, 0.5) is 0 Å². The molecule has 0 aliphatic heterocycles. The number of rotatable bonds is 0. The number of benzene rings is 2. The summed E-state index contributed by atoms with van der Waals surface area (Å²) in [5, 5.41) is 20.4. The molecule has 0 saturated heterocycles. The third kappa shape index (κ3) is 3.01. The van der Waals surface area contributed by atoms with Crippen molar-refractivity contribution in [2.45, 2.75) is 6.92 Å². The standard InChI is InChI=1S/C11H8N2O.C9H7N/c1-7-4-5-13-11-9(14)3-2-8(6-12)10(7)11;1-2-6-9-8(4-1)5-3-7-10-9/h2-5,14H,1H3;1-7H. The van der Waals surface area contributed by atoms with Gasteiger partial charge in [0.1, 0.15) is 11.3 Å². The van der Waals surface area contributed by atoms with Gasteiger partial charge in [-0.2, -0.15) is 5.26 Å². The van der Waals surface area contributed by atoms with Crippen molar-refractivity contribution in [2.24, 2.45) is 0 Å². The van der Waals surface area contributed by atoms with Crippen molar-refractivity contribution in [2.75, 3.05) is 0 Å². The molecule has 0 fully saturated rings. The average molecular weight is 313 g/mol. The molecule has 0 radical (unpaired) electrons. The molecule has 0 aliphatic rings. The highest BCUT2D eigenvalue weighted by Crippen LogP contribution is 2.27. The molecule has 4 nitrogen and oxygen atoms in total. The molecule has 4 heteroatoms. The number of aryl methyl sites for hydroxylation is 1. The van der Waals surface area contributed by atoms with E-state index in [4.69, 9.17) is 5.26 Å². The predicted octanol–water partition coefficient (Wildman–Crippen LogP) is 4.36. The van der Waals surface area contributed by atoms with Crippen molar-refractivity contribution in [3.05, 3.63) is 78.1 Å². The van der Waals surface area contributed by atoms with Crippen molar-refractivity contribution in [1.82, 2.24) is 9.97 Å². The van der Waals surface area contributed by atoms with Gasteiger partial charge in [0.15, 0.2) is 0 Å². The number of phenolic OH excluding ortho intramolecular Hbond substituents is 1. The Morgan fingerprint density at radius 2 is 1.71 bits per heavy atom. The molecule has 1 N–H and O–H groups in total. The van der Waals surface area contributed by atoms with Gasteiger partial charge < -0.3 is 5.11 Å². The molecule has 0 bridgehead atoms. The summed E-state index contributed by atoms with van der Waals surface area (Å²) >= 11 is 0. The van der Waals surface area contributed by atoms with Crippen molar-refractivity contribution >= 4 is 21.8 Å². The lowest BCUT2D eigenvalue weighted by Crippen LogP contribution is -1.87. The predicted molar refractivity (Wildman–Crippen MR) is 94.6 cm³/mol. The van der Waals surface area contributed by atoms with Crippen LogP contribution in [0.3, 0.4) is 0 Å². The topological polar surface area (TPSA) is 69.8 Å². The first-order valence-corrected chi connectivity index (χ1v) is 7.48. The first-order chi connectivity index (χ1) is 11.7. The Bertz CT molecular complexity index is 986. The van der Waals surface area contributed by atoms with Gasteiger partial charge in [0, 0.05) is 23.2 Å². The SMILES string of the molecule is Cc1ccnc2c(O)ccc(C#N)c12.c1ccc2ncccc2c1. The number of nitrogens with zero attached hydrogens (tertiary/aromatic N) is 3. The Morgan fingerprint density at radius 1 is 0.917 bits per heavy atom. The maximum Gasteiger partial charge on any atom is 0.141 e. The van der Waals surface area contributed by atoms with Crippen LogP contribution in [-0.2, 0) is 0 Å². The molecule has 0 unspecified atom stereocenters. The summed E-state index contributed by atoms with van der Waals surface area (Å²) < 4.78 is 0. The molecule has 4 rings (SSSR count). The Kier molecular flexibility index (Phi) is 4.35. The van der Waals surface area contributed by atoms with Crippen LogP contribution in [0.15, 0.2) is 67.0 Å². The second kappa shape index (κ2) is 6.76. The molecule has 24 heavy (non-hydrogen) atoms. The van der Waals surface area contributed by atoms with E-state index in [1.807, 2.05) is 43.5 Å². The zero-order chi connectivity index (χ0) is 16.9. The number of nitriles is 1. The lowest BCUT2D eigenvalue weighted by molar-refractivity contribution is 0.480. The molecule has 0 aliphatic carbocycles. The van der Waals surface area contributed by atoms with E-state index in [1.165, 1.54) is 11.5 Å². The second-order valence-electron chi connectivity index (χ2n) is 5.29. The summed E-state index contributed by atoms with van der Waals surface area (Å²) in [6.45, 7) is 1.89. The van der Waals surface area contributed by atoms with E-state index in [2.05, 4.69) is 28.2 Å². The third-order valence-electron chi connectivity index (χ3n) is 3.71. The van der Waals surface area contributed by atoms with Crippen LogP contribution >= 0.6 is 0 Å². The van der Waals surface area contributed by atoms with Crippen LogP contribution in [0.2, 0.25) is 0 Å². The van der Waals surface area contributed by atoms with Crippen LogP contribution in [0.1, 0.15) is 11.1 Å². The summed E-state index contributed by atoms with van der Waals surface area (Å²) in [5.74, 6) is 0.114. The first-order valence-electron chi connectivity index (χ1n) is 7.48. The van der Waals surface area contributed by atoms with Gasteiger partial charge in [0.25, 0.3) is 0 Å². The van der Waals surface area contributed by atoms with Gasteiger partial charge in [0.2, 0.25) is 0 Å². The van der Waals surface area contributed by atoms with Gasteiger partial charge in [-0.1, -0.05) is 24.3 Å². The molecule has 116 valence electrons. The van der Waals surface area contributed by atoms with E-state index < -0.39 is 0 Å². The first kappa shape index (κ1) is 15.4. The highest BCUT2D eigenvalue weighted by molar-refractivity contribution is 5.91. The summed E-state index contributed by atoms with van der Waals surface area (Å²) in [7, 11) is 0. The highest BCUT2D eigenvalue weighted by atomic mass is 16.3. The maximum atomic E-state index is 9.54. The molecule has 2 aromatic heterocycles. The number of aromatic nitrogens is 2. The van der Waals surface area contributed by atoms with Crippen molar-refractivity contribution in [3.63, 3.8) is 0 Å². The maximum absolute atomic E-state index is 9.54. The monoisotopic (exact) mass is 313 g/mol. The lowest BCUT2D eigenvalue weighted by Gasteiger charge is -2.04. The van der Waals surface area contributed by atoms with Gasteiger partial charge in [-0.3, -0.25) is 9.97 Å². The Hall–Kier alpha value is -3.45. The van der Waals surface area contributed by atoms with E-state index in [0.717, 1.165) is 16.5 Å². The molecule has 0 atom stereocenters. The molecule has 0 saturated carbocycles. The zero-order valence-corrected chi connectivity index (χ0v) is 13.1. The van der Waals surface area contributed by atoms with Crippen LogP contribution in [-0.4, -0.2) is 15.1 Å². The normalized spacial score (nSPS) is 10.0. The molecule has 4 aromatic rings. The summed E-state index contributed by atoms with van der Waals surface area (Å²) in [4.78, 5) is 8.23. The van der Waals surface area contributed by atoms with Crippen LogP contribution in [0.5, 0.6) is 5.75 Å². The zero-order valence-electron chi connectivity index (χ0n) is 13.1. The second-order valence-corrected chi connectivity index (χ2v) is 5.29. The van der Waals surface area contributed by atoms with Gasteiger partial charge in [-0.25, -0.2) is 0 Å². The number of para-hydroxylation sites is 1. The van der Waals surface area contributed by atoms with E-state index in [9.17, 15) is 5.11 Å². The minimum absolute atomic E-state index is 0.114. The number of hydrogen-bond donors (Lipinski definition) is 1. The van der Waals surface area contributed by atoms with Crippen LogP contribution < -0.4 is 0 Å². The summed E-state index contributed by atoms with van der Waals surface area (Å²) in [6, 6.07) is 19.1. The van der Waals surface area contributed by atoms with Crippen LogP contribution in [0, 0.1) is 18.3 Å². The van der Waals surface area contributed by atoms with E-state index in [1.54, 1.807) is 12.3 Å². The van der Waals surface area contributed by atoms with E-state index in [0.29, 0.717) is 11.1 Å². The smallest absolute Gasteiger partial charge is 0.141 e. The van der Waals surface area contributed by atoms with Crippen molar-refractivity contribution < 1.29 is 5.11 Å². The lowest BCUT2D eigenvalue weighted by atomic mass is 10.0. The van der Waals surface area contributed by atoms with Crippen LogP contribution in [0.25, 0.3) is 21.8 Å². The largest absolute Gasteiger partial charge is 0.506 e. The molecule has 0 spiro atoms. The quantitative estimate of drug-likeness (QED) is 0.524. The van der Waals surface area contributed by atoms with Gasteiger partial charge in [0.05, 0.1) is 17.1 Å². The van der Waals surface area contributed by atoms with Crippen molar-refractivity contribution in [1.29, 1.82) is 5.26 Å². The summed E-state index contributed by atoms with van der Waals surface area (Å²) in [6.07, 6.45) is 3.43.